The van der Waals surface area contributed by atoms with Crippen molar-refractivity contribution in [1.29, 1.82) is 5.26 Å². The standard InChI is InChI=1S/C9H18N2S/c1-8(2)3-5-12-6-4-9(11)7-10/h8-9H,3-6,11H2,1-2H3. The van der Waals surface area contributed by atoms with Crippen LogP contribution in [0.2, 0.25) is 0 Å². The summed E-state index contributed by atoms with van der Waals surface area (Å²) in [5.74, 6) is 2.99. The first-order valence-corrected chi connectivity index (χ1v) is 5.55. The second-order valence-corrected chi connectivity index (χ2v) is 4.54. The van der Waals surface area contributed by atoms with Gasteiger partial charge in [0.15, 0.2) is 0 Å². The molecule has 0 amide bonds. The summed E-state index contributed by atoms with van der Waals surface area (Å²) in [4.78, 5) is 0. The molecule has 3 heteroatoms. The fraction of sp³-hybridized carbons (Fsp3) is 0.889. The molecular weight excluding hydrogens is 168 g/mol. The van der Waals surface area contributed by atoms with E-state index in [2.05, 4.69) is 13.8 Å². The first-order chi connectivity index (χ1) is 5.66. The highest BCUT2D eigenvalue weighted by molar-refractivity contribution is 7.99. The Morgan fingerprint density at radius 3 is 2.42 bits per heavy atom. The van der Waals surface area contributed by atoms with Crippen molar-refractivity contribution in [2.45, 2.75) is 32.7 Å². The average Bonchev–Trinajstić information content (AvgIpc) is 2.03. The molecule has 0 saturated carbocycles. The third kappa shape index (κ3) is 7.90. The van der Waals surface area contributed by atoms with Gasteiger partial charge in [0.05, 0.1) is 12.1 Å². The van der Waals surface area contributed by atoms with Crippen molar-refractivity contribution >= 4 is 11.8 Å². The van der Waals surface area contributed by atoms with Crippen LogP contribution >= 0.6 is 11.8 Å². The minimum Gasteiger partial charge on any atom is -0.316 e. The van der Waals surface area contributed by atoms with Gasteiger partial charge in [-0.3, -0.25) is 0 Å². The van der Waals surface area contributed by atoms with Crippen LogP contribution in [0.25, 0.3) is 0 Å². The molecule has 1 atom stereocenters. The molecule has 0 heterocycles. The quantitative estimate of drug-likeness (QED) is 0.645. The lowest BCUT2D eigenvalue weighted by Gasteiger charge is -2.04. The Morgan fingerprint density at radius 1 is 1.33 bits per heavy atom. The summed E-state index contributed by atoms with van der Waals surface area (Å²) in [7, 11) is 0. The van der Waals surface area contributed by atoms with Gasteiger partial charge in [0.1, 0.15) is 0 Å². The van der Waals surface area contributed by atoms with Crippen molar-refractivity contribution in [3.8, 4) is 6.07 Å². The molecule has 0 aliphatic rings. The van der Waals surface area contributed by atoms with Crippen LogP contribution in [-0.4, -0.2) is 17.5 Å². The van der Waals surface area contributed by atoms with Crippen molar-refractivity contribution in [3.05, 3.63) is 0 Å². The van der Waals surface area contributed by atoms with E-state index in [0.717, 1.165) is 18.1 Å². The molecule has 2 nitrogen and oxygen atoms in total. The van der Waals surface area contributed by atoms with E-state index in [9.17, 15) is 0 Å². The summed E-state index contributed by atoms with van der Waals surface area (Å²) in [5, 5.41) is 8.40. The second kappa shape index (κ2) is 7.45. The summed E-state index contributed by atoms with van der Waals surface area (Å²) < 4.78 is 0. The number of hydrogen-bond acceptors (Lipinski definition) is 3. The van der Waals surface area contributed by atoms with Gasteiger partial charge in [-0.15, -0.1) is 0 Å². The monoisotopic (exact) mass is 186 g/mol. The molecule has 0 rings (SSSR count). The summed E-state index contributed by atoms with van der Waals surface area (Å²) in [5.41, 5.74) is 5.44. The van der Waals surface area contributed by atoms with Crippen molar-refractivity contribution in [1.82, 2.24) is 0 Å². The zero-order valence-corrected chi connectivity index (χ0v) is 8.73. The molecule has 0 bridgehead atoms. The predicted molar refractivity (Wildman–Crippen MR) is 55.0 cm³/mol. The van der Waals surface area contributed by atoms with Crippen LogP contribution in [0.5, 0.6) is 0 Å². The second-order valence-electron chi connectivity index (χ2n) is 3.32. The van der Waals surface area contributed by atoms with E-state index in [0.29, 0.717) is 0 Å². The average molecular weight is 186 g/mol. The van der Waals surface area contributed by atoms with E-state index in [4.69, 9.17) is 11.0 Å². The smallest absolute Gasteiger partial charge is 0.0935 e. The molecule has 2 N–H and O–H groups in total. The third-order valence-electron chi connectivity index (χ3n) is 1.58. The zero-order valence-electron chi connectivity index (χ0n) is 7.92. The molecule has 0 fully saturated rings. The van der Waals surface area contributed by atoms with Gasteiger partial charge in [-0.05, 0) is 30.3 Å². The number of nitriles is 1. The molecule has 0 aromatic rings. The zero-order chi connectivity index (χ0) is 9.40. The van der Waals surface area contributed by atoms with E-state index in [1.165, 1.54) is 12.2 Å². The molecule has 0 aromatic carbocycles. The van der Waals surface area contributed by atoms with Gasteiger partial charge in [-0.25, -0.2) is 0 Å². The van der Waals surface area contributed by atoms with Gasteiger partial charge in [0.25, 0.3) is 0 Å². The molecular formula is C9H18N2S. The number of nitrogens with zero attached hydrogens (tertiary/aromatic N) is 1. The van der Waals surface area contributed by atoms with Crippen LogP contribution in [0.3, 0.4) is 0 Å². The lowest BCUT2D eigenvalue weighted by Crippen LogP contribution is -2.17. The van der Waals surface area contributed by atoms with Crippen molar-refractivity contribution in [2.24, 2.45) is 11.7 Å². The predicted octanol–water partition coefficient (Wildman–Crippen LogP) is 2.01. The lowest BCUT2D eigenvalue weighted by molar-refractivity contribution is 0.631. The lowest BCUT2D eigenvalue weighted by atomic mass is 10.2. The Bertz CT molecular complexity index is 140. The maximum Gasteiger partial charge on any atom is 0.0935 e. The molecule has 0 aliphatic heterocycles. The van der Waals surface area contributed by atoms with Gasteiger partial charge in [-0.1, -0.05) is 13.8 Å². The number of thioether (sulfide) groups is 1. The van der Waals surface area contributed by atoms with Crippen LogP contribution in [0, 0.1) is 17.2 Å². The highest BCUT2D eigenvalue weighted by Gasteiger charge is 1.99. The van der Waals surface area contributed by atoms with Crippen LogP contribution in [0.4, 0.5) is 0 Å². The topological polar surface area (TPSA) is 49.8 Å². The van der Waals surface area contributed by atoms with Gasteiger partial charge in [0, 0.05) is 0 Å². The van der Waals surface area contributed by atoms with E-state index in [-0.39, 0.29) is 6.04 Å². The van der Waals surface area contributed by atoms with Crippen molar-refractivity contribution in [2.75, 3.05) is 11.5 Å². The van der Waals surface area contributed by atoms with Gasteiger partial charge >= 0.3 is 0 Å². The highest BCUT2D eigenvalue weighted by Crippen LogP contribution is 2.10. The molecule has 12 heavy (non-hydrogen) atoms. The normalized spacial score (nSPS) is 12.9. The molecule has 0 aliphatic carbocycles. The first-order valence-electron chi connectivity index (χ1n) is 4.39. The maximum atomic E-state index is 8.40. The highest BCUT2D eigenvalue weighted by atomic mass is 32.2. The Morgan fingerprint density at radius 2 is 1.92 bits per heavy atom. The third-order valence-corrected chi connectivity index (χ3v) is 2.63. The Kier molecular flexibility index (Phi) is 7.33. The Labute approximate surface area is 79.5 Å². The molecule has 0 radical (unpaired) electrons. The first kappa shape index (κ1) is 11.8. The summed E-state index contributed by atoms with van der Waals surface area (Å²) >= 11 is 1.89. The minimum atomic E-state index is -0.267. The minimum absolute atomic E-state index is 0.267. The number of rotatable bonds is 6. The molecule has 70 valence electrons. The molecule has 1 unspecified atom stereocenters. The molecule has 0 saturated heterocycles. The van der Waals surface area contributed by atoms with E-state index in [1.807, 2.05) is 17.8 Å². The molecule has 0 spiro atoms. The van der Waals surface area contributed by atoms with E-state index in [1.54, 1.807) is 0 Å². The Hall–Kier alpha value is -0.200. The van der Waals surface area contributed by atoms with Crippen LogP contribution < -0.4 is 5.73 Å². The van der Waals surface area contributed by atoms with Crippen molar-refractivity contribution in [3.63, 3.8) is 0 Å². The largest absolute Gasteiger partial charge is 0.316 e. The molecule has 0 aromatic heterocycles. The number of nitrogens with two attached hydrogens (primary N) is 1. The van der Waals surface area contributed by atoms with Crippen LogP contribution in [-0.2, 0) is 0 Å². The van der Waals surface area contributed by atoms with Gasteiger partial charge in [-0.2, -0.15) is 17.0 Å². The fourth-order valence-electron chi connectivity index (χ4n) is 0.696. The SMILES string of the molecule is CC(C)CCSCCC(N)C#N. The van der Waals surface area contributed by atoms with Gasteiger partial charge < -0.3 is 5.73 Å². The summed E-state index contributed by atoms with van der Waals surface area (Å²) in [6.07, 6.45) is 2.08. The van der Waals surface area contributed by atoms with E-state index >= 15 is 0 Å². The fourth-order valence-corrected chi connectivity index (χ4v) is 1.96. The summed E-state index contributed by atoms with van der Waals surface area (Å²) in [6.45, 7) is 4.45. The number of hydrogen-bond donors (Lipinski definition) is 1. The van der Waals surface area contributed by atoms with Gasteiger partial charge in [0.2, 0.25) is 0 Å². The Balaban J connectivity index is 3.07. The maximum absolute atomic E-state index is 8.40. The summed E-state index contributed by atoms with van der Waals surface area (Å²) in [6, 6.07) is 1.76. The van der Waals surface area contributed by atoms with E-state index < -0.39 is 0 Å². The van der Waals surface area contributed by atoms with Crippen LogP contribution in [0.1, 0.15) is 26.7 Å². The van der Waals surface area contributed by atoms with Crippen LogP contribution in [0.15, 0.2) is 0 Å². The van der Waals surface area contributed by atoms with Crippen molar-refractivity contribution < 1.29 is 0 Å².